The molecular formula is C17H29NO2. The average molecular weight is 279 g/mol. The summed E-state index contributed by atoms with van der Waals surface area (Å²) in [6.07, 6.45) is 1.20. The number of benzene rings is 1. The Bertz CT molecular complexity index is 368. The van der Waals surface area contributed by atoms with E-state index >= 15 is 0 Å². The van der Waals surface area contributed by atoms with Crippen LogP contribution < -0.4 is 10.1 Å². The third-order valence-corrected chi connectivity index (χ3v) is 3.19. The topological polar surface area (TPSA) is 30.5 Å². The van der Waals surface area contributed by atoms with Crippen LogP contribution in [-0.4, -0.2) is 32.9 Å². The van der Waals surface area contributed by atoms with Crippen LogP contribution >= 0.6 is 0 Å². The fourth-order valence-corrected chi connectivity index (χ4v) is 1.95. The second kappa shape index (κ2) is 8.28. The molecule has 1 aromatic rings. The van der Waals surface area contributed by atoms with E-state index in [-0.39, 0.29) is 11.5 Å². The predicted molar refractivity (Wildman–Crippen MR) is 84.6 cm³/mol. The summed E-state index contributed by atoms with van der Waals surface area (Å²) in [6, 6.07) is 8.41. The summed E-state index contributed by atoms with van der Waals surface area (Å²) in [5.41, 5.74) is 1.52. The van der Waals surface area contributed by atoms with Gasteiger partial charge in [-0.2, -0.15) is 0 Å². The molecule has 0 aliphatic heterocycles. The zero-order chi connectivity index (χ0) is 15.0. The minimum absolute atomic E-state index is 0.165. The van der Waals surface area contributed by atoms with Gasteiger partial charge in [0.05, 0.1) is 0 Å². The molecule has 1 aromatic carbocycles. The predicted octanol–water partition coefficient (Wildman–Crippen LogP) is 3.38. The van der Waals surface area contributed by atoms with E-state index < -0.39 is 0 Å². The van der Waals surface area contributed by atoms with E-state index in [1.807, 2.05) is 0 Å². The van der Waals surface area contributed by atoms with Crippen LogP contribution in [-0.2, 0) is 10.2 Å². The van der Waals surface area contributed by atoms with Crippen molar-refractivity contribution < 1.29 is 9.47 Å². The molecule has 3 heteroatoms. The fraction of sp³-hybridized carbons (Fsp3) is 0.647. The molecular weight excluding hydrogens is 250 g/mol. The number of hydrogen-bond acceptors (Lipinski definition) is 3. The Morgan fingerprint density at radius 1 is 1.15 bits per heavy atom. The first-order valence-electron chi connectivity index (χ1n) is 7.40. The van der Waals surface area contributed by atoms with E-state index in [0.29, 0.717) is 0 Å². The van der Waals surface area contributed by atoms with Crippen LogP contribution in [0, 0.1) is 0 Å². The summed E-state index contributed by atoms with van der Waals surface area (Å²) in [4.78, 5) is 0. The van der Waals surface area contributed by atoms with Crippen molar-refractivity contribution in [3.8, 4) is 5.75 Å². The van der Waals surface area contributed by atoms with Crippen LogP contribution in [0.25, 0.3) is 0 Å². The molecule has 0 amide bonds. The van der Waals surface area contributed by atoms with Gasteiger partial charge in [0.15, 0.2) is 0 Å². The molecule has 0 fully saturated rings. The highest BCUT2D eigenvalue weighted by Crippen LogP contribution is 2.24. The Kier molecular flexibility index (Phi) is 7.03. The van der Waals surface area contributed by atoms with E-state index in [0.717, 1.165) is 31.9 Å². The van der Waals surface area contributed by atoms with Gasteiger partial charge in [0.1, 0.15) is 11.9 Å². The molecule has 0 radical (unpaired) electrons. The molecule has 0 saturated carbocycles. The van der Waals surface area contributed by atoms with Crippen molar-refractivity contribution in [1.29, 1.82) is 0 Å². The normalized spacial score (nSPS) is 13.2. The molecule has 1 rings (SSSR count). The number of ether oxygens (including phenoxy) is 2. The Morgan fingerprint density at radius 3 is 2.35 bits per heavy atom. The number of rotatable bonds is 8. The van der Waals surface area contributed by atoms with Crippen molar-refractivity contribution in [3.63, 3.8) is 0 Å². The van der Waals surface area contributed by atoms with Gasteiger partial charge in [0.25, 0.3) is 0 Å². The third kappa shape index (κ3) is 6.40. The van der Waals surface area contributed by atoms with Gasteiger partial charge in [-0.1, -0.05) is 32.9 Å². The molecule has 0 bridgehead atoms. The van der Waals surface area contributed by atoms with Crippen molar-refractivity contribution in [2.75, 3.05) is 26.8 Å². The van der Waals surface area contributed by atoms with Crippen molar-refractivity contribution >= 4 is 0 Å². The van der Waals surface area contributed by atoms with Crippen LogP contribution in [0.15, 0.2) is 24.3 Å². The van der Waals surface area contributed by atoms with Gasteiger partial charge in [-0.15, -0.1) is 0 Å². The van der Waals surface area contributed by atoms with Crippen molar-refractivity contribution in [3.05, 3.63) is 29.8 Å². The highest BCUT2D eigenvalue weighted by molar-refractivity contribution is 5.31. The molecule has 0 aromatic heterocycles. The van der Waals surface area contributed by atoms with Crippen LogP contribution in [0.1, 0.15) is 39.7 Å². The van der Waals surface area contributed by atoms with Crippen LogP contribution in [0.5, 0.6) is 5.75 Å². The maximum atomic E-state index is 5.89. The highest BCUT2D eigenvalue weighted by atomic mass is 16.5. The molecule has 1 N–H and O–H groups in total. The van der Waals surface area contributed by atoms with Gasteiger partial charge in [0.2, 0.25) is 0 Å². The molecule has 0 aliphatic carbocycles. The maximum absolute atomic E-state index is 5.89. The summed E-state index contributed by atoms with van der Waals surface area (Å²) >= 11 is 0. The lowest BCUT2D eigenvalue weighted by molar-refractivity contribution is 0.188. The standard InChI is InChI=1S/C17H29NO2/c1-14(13-18-11-6-12-19-5)20-16-9-7-15(8-10-16)17(2,3)4/h7-10,14,18H,6,11-13H2,1-5H3. The molecule has 0 aliphatic rings. The van der Waals surface area contributed by atoms with Gasteiger partial charge >= 0.3 is 0 Å². The smallest absolute Gasteiger partial charge is 0.119 e. The molecule has 114 valence electrons. The Hall–Kier alpha value is -1.06. The van der Waals surface area contributed by atoms with Crippen molar-refractivity contribution in [2.45, 2.75) is 45.6 Å². The van der Waals surface area contributed by atoms with Crippen LogP contribution in [0.2, 0.25) is 0 Å². The van der Waals surface area contributed by atoms with Gasteiger partial charge < -0.3 is 14.8 Å². The van der Waals surface area contributed by atoms with Crippen molar-refractivity contribution in [2.24, 2.45) is 0 Å². The lowest BCUT2D eigenvalue weighted by Gasteiger charge is -2.20. The summed E-state index contributed by atoms with van der Waals surface area (Å²) in [5, 5.41) is 3.37. The SMILES string of the molecule is COCCCNCC(C)Oc1ccc(C(C)(C)C)cc1. The van der Waals surface area contributed by atoms with E-state index in [1.54, 1.807) is 7.11 Å². The monoisotopic (exact) mass is 279 g/mol. The van der Waals surface area contributed by atoms with Gasteiger partial charge in [0, 0.05) is 20.3 Å². The first-order valence-corrected chi connectivity index (χ1v) is 7.40. The largest absolute Gasteiger partial charge is 0.489 e. The lowest BCUT2D eigenvalue weighted by atomic mass is 9.87. The molecule has 0 saturated heterocycles. The van der Waals surface area contributed by atoms with Gasteiger partial charge in [-0.25, -0.2) is 0 Å². The average Bonchev–Trinajstić information content (AvgIpc) is 2.38. The fourth-order valence-electron chi connectivity index (χ4n) is 1.95. The van der Waals surface area contributed by atoms with E-state index in [4.69, 9.17) is 9.47 Å². The van der Waals surface area contributed by atoms with Gasteiger partial charge in [-0.05, 0) is 43.0 Å². The quantitative estimate of drug-likeness (QED) is 0.740. The number of hydrogen-bond donors (Lipinski definition) is 1. The highest BCUT2D eigenvalue weighted by Gasteiger charge is 2.13. The number of methoxy groups -OCH3 is 1. The maximum Gasteiger partial charge on any atom is 0.119 e. The zero-order valence-electron chi connectivity index (χ0n) is 13.5. The second-order valence-corrected chi connectivity index (χ2v) is 6.25. The van der Waals surface area contributed by atoms with Crippen molar-refractivity contribution in [1.82, 2.24) is 5.32 Å². The molecule has 0 spiro atoms. The second-order valence-electron chi connectivity index (χ2n) is 6.25. The minimum Gasteiger partial charge on any atom is -0.489 e. The van der Waals surface area contributed by atoms with Gasteiger partial charge in [-0.3, -0.25) is 0 Å². The zero-order valence-corrected chi connectivity index (χ0v) is 13.5. The number of nitrogens with one attached hydrogen (secondary N) is 1. The Balaban J connectivity index is 2.33. The van der Waals surface area contributed by atoms with E-state index in [9.17, 15) is 0 Å². The lowest BCUT2D eigenvalue weighted by Crippen LogP contribution is -2.30. The molecule has 1 atom stereocenters. The minimum atomic E-state index is 0.165. The summed E-state index contributed by atoms with van der Waals surface area (Å²) in [5.74, 6) is 0.934. The molecule has 20 heavy (non-hydrogen) atoms. The van der Waals surface area contributed by atoms with E-state index in [1.165, 1.54) is 5.56 Å². The first-order chi connectivity index (χ1) is 9.43. The Labute approximate surface area is 123 Å². The summed E-state index contributed by atoms with van der Waals surface area (Å²) < 4.78 is 10.9. The summed E-state index contributed by atoms with van der Waals surface area (Å²) in [6.45, 7) is 11.4. The summed E-state index contributed by atoms with van der Waals surface area (Å²) in [7, 11) is 1.73. The molecule has 3 nitrogen and oxygen atoms in total. The molecule has 0 heterocycles. The molecule has 1 unspecified atom stereocenters. The van der Waals surface area contributed by atoms with Crippen LogP contribution in [0.4, 0.5) is 0 Å². The van der Waals surface area contributed by atoms with E-state index in [2.05, 4.69) is 57.3 Å². The first kappa shape index (κ1) is 17.0. The Morgan fingerprint density at radius 2 is 1.80 bits per heavy atom. The van der Waals surface area contributed by atoms with Crippen LogP contribution in [0.3, 0.4) is 0 Å². The third-order valence-electron chi connectivity index (χ3n) is 3.19.